The van der Waals surface area contributed by atoms with Gasteiger partial charge >= 0.3 is 0 Å². The molecule has 0 saturated carbocycles. The first-order valence-electron chi connectivity index (χ1n) is 9.40. The number of nitrogens with zero attached hydrogens (tertiary/aromatic N) is 7. The van der Waals surface area contributed by atoms with Crippen LogP contribution in [0.5, 0.6) is 5.75 Å². The smallest absolute Gasteiger partial charge is 0.182 e. The Balaban J connectivity index is 1.59. The summed E-state index contributed by atoms with van der Waals surface area (Å²) in [5.74, 6) is 2.69. The van der Waals surface area contributed by atoms with E-state index in [0.29, 0.717) is 23.8 Å². The van der Waals surface area contributed by atoms with E-state index in [0.717, 1.165) is 34.8 Å². The fourth-order valence-corrected chi connectivity index (χ4v) is 3.17. The fourth-order valence-electron chi connectivity index (χ4n) is 3.17. The van der Waals surface area contributed by atoms with Crippen LogP contribution >= 0.6 is 0 Å². The van der Waals surface area contributed by atoms with Gasteiger partial charge in [-0.2, -0.15) is 5.26 Å². The number of rotatable bonds is 6. The maximum atomic E-state index is 8.89. The molecular weight excluding hydrogens is 366 g/mol. The van der Waals surface area contributed by atoms with Crippen molar-refractivity contribution in [2.24, 2.45) is 13.0 Å². The van der Waals surface area contributed by atoms with Gasteiger partial charge in [0.1, 0.15) is 18.2 Å². The molecule has 2 heterocycles. The lowest BCUT2D eigenvalue weighted by Crippen LogP contribution is -2.08. The second-order valence-corrected chi connectivity index (χ2v) is 7.29. The third kappa shape index (κ3) is 3.80. The summed E-state index contributed by atoms with van der Waals surface area (Å²) in [6.45, 7) is 5.35. The number of imidazole rings is 1. The molecule has 0 radical (unpaired) electrons. The summed E-state index contributed by atoms with van der Waals surface area (Å²) in [4.78, 5) is 4.73. The van der Waals surface area contributed by atoms with E-state index in [1.807, 2.05) is 34.5 Å². The van der Waals surface area contributed by atoms with Gasteiger partial charge in [0.15, 0.2) is 5.82 Å². The number of aromatic nitrogens is 6. The highest BCUT2D eigenvalue weighted by Gasteiger charge is 2.14. The average Bonchev–Trinajstić information content (AvgIpc) is 3.30. The molecule has 2 aromatic heterocycles. The van der Waals surface area contributed by atoms with Crippen LogP contribution in [0.2, 0.25) is 0 Å². The van der Waals surface area contributed by atoms with Gasteiger partial charge in [-0.05, 0) is 58.8 Å². The van der Waals surface area contributed by atoms with Crippen molar-refractivity contribution < 1.29 is 4.74 Å². The molecule has 0 aliphatic rings. The minimum atomic E-state index is 0.331. The molecule has 146 valence electrons. The van der Waals surface area contributed by atoms with Gasteiger partial charge in [-0.1, -0.05) is 13.8 Å². The molecule has 0 atom stereocenters. The highest BCUT2D eigenvalue weighted by atomic mass is 16.5. The Bertz CT molecular complexity index is 1180. The third-order valence-corrected chi connectivity index (χ3v) is 4.65. The van der Waals surface area contributed by atoms with Gasteiger partial charge in [0.25, 0.3) is 0 Å². The standard InChI is InChI=1S/C21H21N7O/c1-14(2)12-28-21(24-25-26-28)16-6-9-19-18(10-16)23-20(27(19)3)13-29-17-7-4-15(11-22)5-8-17/h4-10,14H,12-13H2,1-3H3. The summed E-state index contributed by atoms with van der Waals surface area (Å²) < 4.78 is 9.67. The maximum Gasteiger partial charge on any atom is 0.182 e. The summed E-state index contributed by atoms with van der Waals surface area (Å²) >= 11 is 0. The topological polar surface area (TPSA) is 94.4 Å². The zero-order valence-electron chi connectivity index (χ0n) is 16.6. The predicted molar refractivity (Wildman–Crippen MR) is 108 cm³/mol. The Hall–Kier alpha value is -3.73. The molecule has 8 heteroatoms. The molecule has 0 saturated heterocycles. The van der Waals surface area contributed by atoms with Crippen molar-refractivity contribution in [2.45, 2.75) is 27.0 Å². The van der Waals surface area contributed by atoms with Crippen molar-refractivity contribution in [3.63, 3.8) is 0 Å². The van der Waals surface area contributed by atoms with E-state index in [1.54, 1.807) is 24.3 Å². The normalized spacial score (nSPS) is 11.1. The Morgan fingerprint density at radius 1 is 1.14 bits per heavy atom. The minimum absolute atomic E-state index is 0.331. The second-order valence-electron chi connectivity index (χ2n) is 7.29. The van der Waals surface area contributed by atoms with Crippen LogP contribution in [0.3, 0.4) is 0 Å². The Morgan fingerprint density at radius 3 is 2.66 bits per heavy atom. The Labute approximate surface area is 168 Å². The first kappa shape index (κ1) is 18.6. The predicted octanol–water partition coefficient (Wildman–Crippen LogP) is 3.33. The van der Waals surface area contributed by atoms with Crippen LogP contribution in [0.25, 0.3) is 22.4 Å². The van der Waals surface area contributed by atoms with Gasteiger partial charge in [0.05, 0.1) is 22.7 Å². The lowest BCUT2D eigenvalue weighted by atomic mass is 10.1. The summed E-state index contributed by atoms with van der Waals surface area (Å²) in [6, 6.07) is 15.2. The summed E-state index contributed by atoms with van der Waals surface area (Å²) in [5, 5.41) is 21.0. The number of benzene rings is 2. The van der Waals surface area contributed by atoms with Gasteiger partial charge in [0.2, 0.25) is 0 Å². The molecule has 0 aliphatic carbocycles. The molecule has 4 aromatic rings. The molecule has 0 aliphatic heterocycles. The number of fused-ring (bicyclic) bond motifs is 1. The monoisotopic (exact) mass is 387 g/mol. The summed E-state index contributed by atoms with van der Waals surface area (Å²) in [5.41, 5.74) is 3.41. The molecular formula is C21H21N7O. The van der Waals surface area contributed by atoms with E-state index >= 15 is 0 Å². The number of hydrogen-bond acceptors (Lipinski definition) is 6. The quantitative estimate of drug-likeness (QED) is 0.504. The van der Waals surface area contributed by atoms with Gasteiger partial charge in [0, 0.05) is 19.2 Å². The van der Waals surface area contributed by atoms with Crippen LogP contribution in [0.1, 0.15) is 25.2 Å². The van der Waals surface area contributed by atoms with Crippen molar-refractivity contribution in [1.29, 1.82) is 5.26 Å². The zero-order chi connectivity index (χ0) is 20.4. The van der Waals surface area contributed by atoms with Crippen LogP contribution in [-0.4, -0.2) is 29.8 Å². The van der Waals surface area contributed by atoms with Crippen LogP contribution in [0, 0.1) is 17.2 Å². The van der Waals surface area contributed by atoms with E-state index in [9.17, 15) is 0 Å². The number of hydrogen-bond donors (Lipinski definition) is 0. The van der Waals surface area contributed by atoms with Gasteiger partial charge in [-0.3, -0.25) is 0 Å². The summed E-state index contributed by atoms with van der Waals surface area (Å²) in [7, 11) is 1.97. The van der Waals surface area contributed by atoms with Crippen LogP contribution in [0.15, 0.2) is 42.5 Å². The number of ether oxygens (including phenoxy) is 1. The fraction of sp³-hybridized carbons (Fsp3) is 0.286. The lowest BCUT2D eigenvalue weighted by Gasteiger charge is -2.07. The highest BCUT2D eigenvalue weighted by molar-refractivity contribution is 5.81. The zero-order valence-corrected chi connectivity index (χ0v) is 16.6. The molecule has 0 N–H and O–H groups in total. The third-order valence-electron chi connectivity index (χ3n) is 4.65. The van der Waals surface area contributed by atoms with Crippen LogP contribution in [0.4, 0.5) is 0 Å². The van der Waals surface area contributed by atoms with E-state index in [-0.39, 0.29) is 0 Å². The van der Waals surface area contributed by atoms with E-state index in [2.05, 4.69) is 35.4 Å². The highest BCUT2D eigenvalue weighted by Crippen LogP contribution is 2.24. The van der Waals surface area contributed by atoms with E-state index in [1.165, 1.54) is 0 Å². The number of tetrazole rings is 1. The van der Waals surface area contributed by atoms with Crippen LogP contribution < -0.4 is 4.74 Å². The van der Waals surface area contributed by atoms with Crippen molar-refractivity contribution in [2.75, 3.05) is 0 Å². The van der Waals surface area contributed by atoms with Gasteiger partial charge in [-0.25, -0.2) is 9.67 Å². The number of nitriles is 1. The molecule has 0 spiro atoms. The Morgan fingerprint density at radius 2 is 1.93 bits per heavy atom. The molecule has 0 amide bonds. The summed E-state index contributed by atoms with van der Waals surface area (Å²) in [6.07, 6.45) is 0. The second kappa shape index (κ2) is 7.72. The molecule has 29 heavy (non-hydrogen) atoms. The first-order chi connectivity index (χ1) is 14.0. The minimum Gasteiger partial charge on any atom is -0.486 e. The molecule has 4 rings (SSSR count). The lowest BCUT2D eigenvalue weighted by molar-refractivity contribution is 0.292. The van der Waals surface area contributed by atoms with Crippen molar-refractivity contribution in [3.8, 4) is 23.2 Å². The van der Waals surface area contributed by atoms with Crippen molar-refractivity contribution in [1.82, 2.24) is 29.8 Å². The van der Waals surface area contributed by atoms with Gasteiger partial charge < -0.3 is 9.30 Å². The van der Waals surface area contributed by atoms with E-state index in [4.69, 9.17) is 15.0 Å². The molecule has 0 fully saturated rings. The largest absolute Gasteiger partial charge is 0.486 e. The van der Waals surface area contributed by atoms with Crippen molar-refractivity contribution in [3.05, 3.63) is 53.9 Å². The molecule has 8 nitrogen and oxygen atoms in total. The Kier molecular flexibility index (Phi) is 4.96. The van der Waals surface area contributed by atoms with Gasteiger partial charge in [-0.15, -0.1) is 5.10 Å². The SMILES string of the molecule is CC(C)Cn1nnnc1-c1ccc2c(c1)nc(COc1ccc(C#N)cc1)n2C. The molecule has 0 bridgehead atoms. The number of aryl methyl sites for hydroxylation is 1. The van der Waals surface area contributed by atoms with Crippen LogP contribution in [-0.2, 0) is 20.2 Å². The first-order valence-corrected chi connectivity index (χ1v) is 9.40. The van der Waals surface area contributed by atoms with E-state index < -0.39 is 0 Å². The van der Waals surface area contributed by atoms with Crippen molar-refractivity contribution >= 4 is 11.0 Å². The maximum absolute atomic E-state index is 8.89. The molecule has 2 aromatic carbocycles. The molecule has 0 unspecified atom stereocenters. The average molecular weight is 387 g/mol.